The lowest BCUT2D eigenvalue weighted by atomic mass is 10.2. The first-order valence-corrected chi connectivity index (χ1v) is 8.76. The van der Waals surface area contributed by atoms with Gasteiger partial charge in [-0.2, -0.15) is 0 Å². The Morgan fingerprint density at radius 2 is 1.52 bits per heavy atom. The van der Waals surface area contributed by atoms with Crippen molar-refractivity contribution in [3.8, 4) is 11.5 Å². The fourth-order valence-electron chi connectivity index (χ4n) is 2.96. The first-order valence-electron chi connectivity index (χ1n) is 8.76. The van der Waals surface area contributed by atoms with E-state index in [1.54, 1.807) is 36.3 Å². The predicted octanol–water partition coefficient (Wildman–Crippen LogP) is 1.52. The summed E-state index contributed by atoms with van der Waals surface area (Å²) in [6.07, 6.45) is 0. The predicted molar refractivity (Wildman–Crippen MR) is 102 cm³/mol. The molecule has 0 spiro atoms. The number of hydrogen-bond donors (Lipinski definition) is 1. The van der Waals surface area contributed by atoms with Gasteiger partial charge in [-0.1, -0.05) is 0 Å². The number of piperazine rings is 1. The minimum Gasteiger partial charge on any atom is -0.497 e. The van der Waals surface area contributed by atoms with E-state index in [2.05, 4.69) is 4.90 Å². The number of anilines is 1. The van der Waals surface area contributed by atoms with Crippen molar-refractivity contribution in [2.75, 3.05) is 44.8 Å². The lowest BCUT2D eigenvalue weighted by Crippen LogP contribution is -2.50. The Bertz CT molecular complexity index is 782. The zero-order chi connectivity index (χ0) is 19.2. The zero-order valence-corrected chi connectivity index (χ0v) is 15.3. The summed E-state index contributed by atoms with van der Waals surface area (Å²) in [5, 5.41) is 0. The van der Waals surface area contributed by atoms with Gasteiger partial charge in [0, 0.05) is 37.4 Å². The first-order chi connectivity index (χ1) is 13.1. The number of nitrogens with zero attached hydrogens (tertiary/aromatic N) is 2. The average molecular weight is 369 g/mol. The number of methoxy groups -OCH3 is 1. The van der Waals surface area contributed by atoms with Crippen molar-refractivity contribution in [2.24, 2.45) is 5.73 Å². The smallest absolute Gasteiger partial charge is 0.260 e. The van der Waals surface area contributed by atoms with Gasteiger partial charge in [-0.05, 0) is 48.5 Å². The number of carbonyl (C=O) groups excluding carboxylic acids is 2. The van der Waals surface area contributed by atoms with E-state index in [0.717, 1.165) is 24.5 Å². The maximum absolute atomic E-state index is 12.4. The molecule has 2 aromatic carbocycles. The summed E-state index contributed by atoms with van der Waals surface area (Å²) >= 11 is 0. The van der Waals surface area contributed by atoms with Crippen molar-refractivity contribution in [1.29, 1.82) is 0 Å². The van der Waals surface area contributed by atoms with Crippen LogP contribution in [0.5, 0.6) is 11.5 Å². The minimum atomic E-state index is -0.493. The van der Waals surface area contributed by atoms with E-state index in [-0.39, 0.29) is 12.5 Å². The molecule has 0 aromatic heterocycles. The van der Waals surface area contributed by atoms with E-state index in [1.807, 2.05) is 24.3 Å². The van der Waals surface area contributed by atoms with Gasteiger partial charge in [0.15, 0.2) is 6.61 Å². The molecule has 2 aromatic rings. The minimum absolute atomic E-state index is 0.0293. The number of amides is 2. The van der Waals surface area contributed by atoms with E-state index in [9.17, 15) is 9.59 Å². The summed E-state index contributed by atoms with van der Waals surface area (Å²) in [6, 6.07) is 14.3. The highest BCUT2D eigenvalue weighted by Crippen LogP contribution is 2.20. The quantitative estimate of drug-likeness (QED) is 0.835. The monoisotopic (exact) mass is 369 g/mol. The largest absolute Gasteiger partial charge is 0.497 e. The summed E-state index contributed by atoms with van der Waals surface area (Å²) < 4.78 is 10.7. The molecule has 0 aliphatic carbocycles. The van der Waals surface area contributed by atoms with Crippen LogP contribution in [0.15, 0.2) is 48.5 Å². The van der Waals surface area contributed by atoms with Crippen LogP contribution in [0.2, 0.25) is 0 Å². The highest BCUT2D eigenvalue weighted by Gasteiger charge is 2.21. The molecule has 1 fully saturated rings. The third kappa shape index (κ3) is 4.69. The maximum Gasteiger partial charge on any atom is 0.260 e. The molecule has 27 heavy (non-hydrogen) atoms. The van der Waals surface area contributed by atoms with Crippen molar-refractivity contribution in [2.45, 2.75) is 0 Å². The second-order valence-corrected chi connectivity index (χ2v) is 6.24. The molecule has 0 radical (unpaired) electrons. The van der Waals surface area contributed by atoms with Crippen LogP contribution in [0.3, 0.4) is 0 Å². The molecule has 0 bridgehead atoms. The Morgan fingerprint density at radius 3 is 2.07 bits per heavy atom. The van der Waals surface area contributed by atoms with Crippen LogP contribution in [0.1, 0.15) is 10.4 Å². The Morgan fingerprint density at radius 1 is 0.926 bits per heavy atom. The normalized spacial score (nSPS) is 14.0. The van der Waals surface area contributed by atoms with Crippen LogP contribution in [0, 0.1) is 0 Å². The molecule has 3 rings (SSSR count). The number of benzene rings is 2. The van der Waals surface area contributed by atoms with Gasteiger partial charge in [0.2, 0.25) is 5.91 Å². The summed E-state index contributed by atoms with van der Waals surface area (Å²) in [4.78, 5) is 27.5. The third-order valence-electron chi connectivity index (χ3n) is 4.57. The number of ether oxygens (including phenoxy) is 2. The van der Waals surface area contributed by atoms with Crippen LogP contribution in [0.4, 0.5) is 5.69 Å². The van der Waals surface area contributed by atoms with Crippen molar-refractivity contribution in [1.82, 2.24) is 4.90 Å². The van der Waals surface area contributed by atoms with Crippen LogP contribution < -0.4 is 20.1 Å². The van der Waals surface area contributed by atoms with Crippen LogP contribution in [-0.4, -0.2) is 56.6 Å². The molecular weight excluding hydrogens is 346 g/mol. The number of hydrogen-bond acceptors (Lipinski definition) is 5. The zero-order valence-electron chi connectivity index (χ0n) is 15.3. The van der Waals surface area contributed by atoms with Crippen LogP contribution >= 0.6 is 0 Å². The van der Waals surface area contributed by atoms with Gasteiger partial charge in [0.1, 0.15) is 11.5 Å². The molecule has 1 heterocycles. The fraction of sp³-hybridized carbons (Fsp3) is 0.300. The van der Waals surface area contributed by atoms with Gasteiger partial charge in [-0.25, -0.2) is 0 Å². The van der Waals surface area contributed by atoms with Gasteiger partial charge in [0.25, 0.3) is 5.91 Å². The lowest BCUT2D eigenvalue weighted by Gasteiger charge is -2.36. The topological polar surface area (TPSA) is 85.1 Å². The average Bonchev–Trinajstić information content (AvgIpc) is 2.72. The Balaban J connectivity index is 1.47. The third-order valence-corrected chi connectivity index (χ3v) is 4.57. The SMILES string of the molecule is COc1ccc(N2CCN(C(=O)COc3ccc(C(N)=O)cc3)CC2)cc1. The van der Waals surface area contributed by atoms with Gasteiger partial charge >= 0.3 is 0 Å². The van der Waals surface area contributed by atoms with Gasteiger partial charge in [-0.15, -0.1) is 0 Å². The van der Waals surface area contributed by atoms with Crippen LogP contribution in [-0.2, 0) is 4.79 Å². The number of rotatable bonds is 6. The summed E-state index contributed by atoms with van der Waals surface area (Å²) in [5.41, 5.74) is 6.73. The molecule has 1 aliphatic rings. The van der Waals surface area contributed by atoms with E-state index in [0.29, 0.717) is 24.4 Å². The molecule has 7 nitrogen and oxygen atoms in total. The second kappa shape index (κ2) is 8.44. The second-order valence-electron chi connectivity index (χ2n) is 6.24. The standard InChI is InChI=1S/C20H23N3O4/c1-26-17-8-4-16(5-9-17)22-10-12-23(13-11-22)19(24)14-27-18-6-2-15(3-7-18)20(21)25/h2-9H,10-14H2,1H3,(H2,21,25). The van der Waals surface area contributed by atoms with Crippen molar-refractivity contribution in [3.63, 3.8) is 0 Å². The molecule has 7 heteroatoms. The molecule has 0 unspecified atom stereocenters. The lowest BCUT2D eigenvalue weighted by molar-refractivity contribution is -0.133. The Labute approximate surface area is 158 Å². The van der Waals surface area contributed by atoms with Crippen molar-refractivity contribution < 1.29 is 19.1 Å². The van der Waals surface area contributed by atoms with E-state index in [4.69, 9.17) is 15.2 Å². The van der Waals surface area contributed by atoms with E-state index >= 15 is 0 Å². The molecule has 142 valence electrons. The molecule has 1 saturated heterocycles. The number of nitrogens with two attached hydrogens (primary N) is 1. The van der Waals surface area contributed by atoms with E-state index in [1.165, 1.54) is 0 Å². The molecule has 1 aliphatic heterocycles. The molecule has 0 saturated carbocycles. The number of primary amides is 1. The summed E-state index contributed by atoms with van der Waals surface area (Å²) in [7, 11) is 1.65. The summed E-state index contributed by atoms with van der Waals surface area (Å²) in [5.74, 6) is 0.814. The first kappa shape index (κ1) is 18.6. The van der Waals surface area contributed by atoms with Gasteiger partial charge < -0.3 is 25.0 Å². The Hall–Kier alpha value is -3.22. The molecule has 2 N–H and O–H groups in total. The van der Waals surface area contributed by atoms with Gasteiger partial charge in [-0.3, -0.25) is 9.59 Å². The highest BCUT2D eigenvalue weighted by molar-refractivity contribution is 5.92. The van der Waals surface area contributed by atoms with E-state index < -0.39 is 5.91 Å². The maximum atomic E-state index is 12.4. The van der Waals surface area contributed by atoms with Crippen molar-refractivity contribution in [3.05, 3.63) is 54.1 Å². The fourth-order valence-corrected chi connectivity index (χ4v) is 2.96. The molecule has 2 amide bonds. The number of carbonyl (C=O) groups is 2. The van der Waals surface area contributed by atoms with Gasteiger partial charge in [0.05, 0.1) is 7.11 Å². The van der Waals surface area contributed by atoms with Crippen LogP contribution in [0.25, 0.3) is 0 Å². The summed E-state index contributed by atoms with van der Waals surface area (Å²) in [6.45, 7) is 2.80. The highest BCUT2D eigenvalue weighted by atomic mass is 16.5. The Kier molecular flexibility index (Phi) is 5.80. The molecule has 0 atom stereocenters. The molecular formula is C20H23N3O4. The van der Waals surface area contributed by atoms with Crippen molar-refractivity contribution >= 4 is 17.5 Å².